The number of amides is 1. The number of anilines is 1. The molecule has 2 N–H and O–H groups in total. The molecule has 0 aliphatic rings. The lowest BCUT2D eigenvalue weighted by molar-refractivity contribution is -0.123. The fourth-order valence-electron chi connectivity index (χ4n) is 2.92. The number of hydrogen-bond donors (Lipinski definition) is 2. The van der Waals surface area contributed by atoms with Crippen LogP contribution < -0.4 is 14.8 Å². The van der Waals surface area contributed by atoms with Crippen LogP contribution in [0.25, 0.3) is 0 Å². The molecule has 0 aliphatic carbocycles. The van der Waals surface area contributed by atoms with Crippen molar-refractivity contribution in [2.75, 3.05) is 17.6 Å². The first-order valence-electron chi connectivity index (χ1n) is 9.12. The van der Waals surface area contributed by atoms with Crippen LogP contribution in [0.2, 0.25) is 0 Å². The van der Waals surface area contributed by atoms with Crippen LogP contribution in [0.4, 0.5) is 10.1 Å². The van der Waals surface area contributed by atoms with Crippen molar-refractivity contribution in [1.29, 1.82) is 0 Å². The number of carbonyl (C=O) groups excluding carboxylic acids is 1. The molecule has 0 saturated carbocycles. The molecular formula is C21H27FN2O4S. The molecule has 0 unspecified atom stereocenters. The minimum absolute atomic E-state index is 0.0294. The fraction of sp³-hybridized carbons (Fsp3) is 0.381. The lowest BCUT2D eigenvalue weighted by atomic mass is 9.84. The Morgan fingerprint density at radius 1 is 1.14 bits per heavy atom. The van der Waals surface area contributed by atoms with E-state index in [1.54, 1.807) is 0 Å². The zero-order valence-corrected chi connectivity index (χ0v) is 18.1. The number of rotatable bonds is 7. The average molecular weight is 423 g/mol. The summed E-state index contributed by atoms with van der Waals surface area (Å²) in [4.78, 5) is 12.0. The van der Waals surface area contributed by atoms with Gasteiger partial charge in [0, 0.05) is 6.54 Å². The van der Waals surface area contributed by atoms with Crippen molar-refractivity contribution < 1.29 is 22.3 Å². The van der Waals surface area contributed by atoms with Crippen LogP contribution in [0, 0.1) is 12.7 Å². The van der Waals surface area contributed by atoms with E-state index < -0.39 is 15.8 Å². The number of halogens is 1. The summed E-state index contributed by atoms with van der Waals surface area (Å²) in [6.45, 7) is 8.34. The molecule has 0 bridgehead atoms. The lowest BCUT2D eigenvalue weighted by Crippen LogP contribution is -2.28. The van der Waals surface area contributed by atoms with Crippen molar-refractivity contribution >= 4 is 21.6 Å². The number of hydrogen-bond acceptors (Lipinski definition) is 4. The van der Waals surface area contributed by atoms with Gasteiger partial charge in [-0.3, -0.25) is 9.52 Å². The van der Waals surface area contributed by atoms with E-state index in [4.69, 9.17) is 4.74 Å². The number of aryl methyl sites for hydroxylation is 1. The molecule has 8 heteroatoms. The van der Waals surface area contributed by atoms with E-state index in [2.05, 4.69) is 30.8 Å². The Bertz CT molecular complexity index is 998. The van der Waals surface area contributed by atoms with Gasteiger partial charge in [0.25, 0.3) is 5.91 Å². The van der Waals surface area contributed by atoms with E-state index >= 15 is 0 Å². The molecule has 1 amide bonds. The summed E-state index contributed by atoms with van der Waals surface area (Å²) in [6, 6.07) is 9.75. The molecule has 0 aliphatic heterocycles. The third-order valence-corrected chi connectivity index (χ3v) is 4.79. The zero-order valence-electron chi connectivity index (χ0n) is 17.3. The van der Waals surface area contributed by atoms with Crippen LogP contribution in [0.3, 0.4) is 0 Å². The number of benzene rings is 2. The van der Waals surface area contributed by atoms with E-state index in [1.807, 2.05) is 25.1 Å². The molecule has 2 rings (SSSR count). The second-order valence-electron chi connectivity index (χ2n) is 7.98. The van der Waals surface area contributed by atoms with Crippen LogP contribution in [0.1, 0.15) is 37.5 Å². The van der Waals surface area contributed by atoms with Gasteiger partial charge in [-0.1, -0.05) is 32.9 Å². The van der Waals surface area contributed by atoms with Gasteiger partial charge in [0.15, 0.2) is 6.61 Å². The highest BCUT2D eigenvalue weighted by atomic mass is 32.2. The van der Waals surface area contributed by atoms with E-state index in [0.717, 1.165) is 11.8 Å². The van der Waals surface area contributed by atoms with E-state index in [0.29, 0.717) is 11.3 Å². The van der Waals surface area contributed by atoms with Gasteiger partial charge in [-0.2, -0.15) is 0 Å². The lowest BCUT2D eigenvalue weighted by Gasteiger charge is -2.22. The van der Waals surface area contributed by atoms with Crippen molar-refractivity contribution in [3.05, 3.63) is 58.9 Å². The molecule has 6 nitrogen and oxygen atoms in total. The first kappa shape index (κ1) is 22.7. The normalized spacial score (nSPS) is 11.8. The maximum absolute atomic E-state index is 14.0. The standard InChI is InChI=1S/C21H27FN2O4S/c1-14-10-16(7-8-17(14)21(2,3)4)28-13-20(25)23-12-15-6-9-19(18(22)11-15)24-29(5,26)27/h6-11,24H,12-13H2,1-5H3,(H,23,25). The van der Waals surface area contributed by atoms with E-state index in [9.17, 15) is 17.6 Å². The number of sulfonamides is 1. The van der Waals surface area contributed by atoms with Crippen molar-refractivity contribution in [1.82, 2.24) is 5.32 Å². The van der Waals surface area contributed by atoms with Gasteiger partial charge < -0.3 is 10.1 Å². The molecule has 2 aromatic rings. The molecule has 0 radical (unpaired) electrons. The summed E-state index contributed by atoms with van der Waals surface area (Å²) in [5.41, 5.74) is 2.70. The highest BCUT2D eigenvalue weighted by molar-refractivity contribution is 7.92. The number of ether oxygens (including phenoxy) is 1. The first-order chi connectivity index (χ1) is 13.3. The molecule has 29 heavy (non-hydrogen) atoms. The Balaban J connectivity index is 1.89. The van der Waals surface area contributed by atoms with Gasteiger partial charge in [-0.15, -0.1) is 0 Å². The predicted molar refractivity (Wildman–Crippen MR) is 112 cm³/mol. The highest BCUT2D eigenvalue weighted by Crippen LogP contribution is 2.28. The SMILES string of the molecule is Cc1cc(OCC(=O)NCc2ccc(NS(C)(=O)=O)c(F)c2)ccc1C(C)(C)C. The molecule has 0 heterocycles. The summed E-state index contributed by atoms with van der Waals surface area (Å²) in [5, 5.41) is 2.65. The highest BCUT2D eigenvalue weighted by Gasteiger charge is 2.16. The largest absolute Gasteiger partial charge is 0.484 e. The molecule has 0 saturated heterocycles. The molecule has 0 spiro atoms. The minimum Gasteiger partial charge on any atom is -0.484 e. The second kappa shape index (κ2) is 8.82. The maximum Gasteiger partial charge on any atom is 0.258 e. The Morgan fingerprint density at radius 2 is 1.83 bits per heavy atom. The number of carbonyl (C=O) groups is 1. The summed E-state index contributed by atoms with van der Waals surface area (Å²) >= 11 is 0. The summed E-state index contributed by atoms with van der Waals surface area (Å²) in [5.74, 6) is -0.456. The maximum atomic E-state index is 14.0. The van der Waals surface area contributed by atoms with Gasteiger partial charge in [-0.05, 0) is 53.3 Å². The van der Waals surface area contributed by atoms with Crippen LogP contribution >= 0.6 is 0 Å². The Kier molecular flexibility index (Phi) is 6.89. The zero-order chi connectivity index (χ0) is 21.8. The summed E-state index contributed by atoms with van der Waals surface area (Å²) in [7, 11) is -3.56. The Labute approximate surface area is 171 Å². The molecule has 158 valence electrons. The fourth-order valence-corrected chi connectivity index (χ4v) is 3.48. The second-order valence-corrected chi connectivity index (χ2v) is 9.73. The predicted octanol–water partition coefficient (Wildman–Crippen LogP) is 3.50. The van der Waals surface area contributed by atoms with Crippen LogP contribution in [-0.4, -0.2) is 27.2 Å². The topological polar surface area (TPSA) is 84.5 Å². The van der Waals surface area contributed by atoms with Gasteiger partial charge in [0.05, 0.1) is 11.9 Å². The van der Waals surface area contributed by atoms with Gasteiger partial charge >= 0.3 is 0 Å². The molecule has 0 fully saturated rings. The minimum atomic E-state index is -3.56. The monoisotopic (exact) mass is 422 g/mol. The van der Waals surface area contributed by atoms with Gasteiger partial charge in [0.1, 0.15) is 11.6 Å². The smallest absolute Gasteiger partial charge is 0.258 e. The van der Waals surface area contributed by atoms with Crippen LogP contribution in [-0.2, 0) is 26.8 Å². The Morgan fingerprint density at radius 3 is 2.38 bits per heavy atom. The van der Waals surface area contributed by atoms with Crippen molar-refractivity contribution in [2.45, 2.75) is 39.7 Å². The Hall–Kier alpha value is -2.61. The van der Waals surface area contributed by atoms with Gasteiger partial charge in [0.2, 0.25) is 10.0 Å². The van der Waals surface area contributed by atoms with Crippen LogP contribution in [0.15, 0.2) is 36.4 Å². The number of nitrogens with one attached hydrogen (secondary N) is 2. The first-order valence-corrected chi connectivity index (χ1v) is 11.0. The summed E-state index contributed by atoms with van der Waals surface area (Å²) < 4.78 is 44.0. The van der Waals surface area contributed by atoms with Crippen molar-refractivity contribution in [2.24, 2.45) is 0 Å². The third-order valence-electron chi connectivity index (χ3n) is 4.19. The molecule has 0 atom stereocenters. The van der Waals surface area contributed by atoms with Crippen molar-refractivity contribution in [3.63, 3.8) is 0 Å². The van der Waals surface area contributed by atoms with Gasteiger partial charge in [-0.25, -0.2) is 12.8 Å². The van der Waals surface area contributed by atoms with Crippen LogP contribution in [0.5, 0.6) is 5.75 Å². The molecule has 0 aromatic heterocycles. The average Bonchev–Trinajstić information content (AvgIpc) is 2.58. The quantitative estimate of drug-likeness (QED) is 0.715. The van der Waals surface area contributed by atoms with E-state index in [1.165, 1.54) is 23.8 Å². The summed E-state index contributed by atoms with van der Waals surface area (Å²) in [6.07, 6.45) is 0.943. The molecular weight excluding hydrogens is 395 g/mol. The third kappa shape index (κ3) is 7.05. The van der Waals surface area contributed by atoms with E-state index in [-0.39, 0.29) is 30.2 Å². The molecule has 2 aromatic carbocycles. The van der Waals surface area contributed by atoms with Crippen molar-refractivity contribution in [3.8, 4) is 5.75 Å².